The highest BCUT2D eigenvalue weighted by molar-refractivity contribution is 5.93. The van der Waals surface area contributed by atoms with Gasteiger partial charge >= 0.3 is 0 Å². The van der Waals surface area contributed by atoms with Crippen molar-refractivity contribution in [2.45, 2.75) is 19.6 Å². The topological polar surface area (TPSA) is 81.7 Å². The summed E-state index contributed by atoms with van der Waals surface area (Å²) in [5.41, 5.74) is 0.544. The molecule has 0 aromatic carbocycles. The molecule has 0 aliphatic carbocycles. The Morgan fingerprint density at radius 3 is 2.92 bits per heavy atom. The zero-order chi connectivity index (χ0) is 16.4. The molecule has 4 rings (SSSR count). The first-order chi connectivity index (χ1) is 11.8. The van der Waals surface area contributed by atoms with Crippen molar-refractivity contribution in [3.05, 3.63) is 60.7 Å². The van der Waals surface area contributed by atoms with Crippen LogP contribution in [0.4, 0.5) is 0 Å². The summed E-state index contributed by atoms with van der Waals surface area (Å²) in [4.78, 5) is 19.1. The Balaban J connectivity index is 1.60. The van der Waals surface area contributed by atoms with E-state index in [9.17, 15) is 4.79 Å². The quantitative estimate of drug-likeness (QED) is 0.713. The fraction of sp³-hybridized carbons (Fsp3) is 0.312. The second kappa shape index (κ2) is 6.23. The van der Waals surface area contributed by atoms with Gasteiger partial charge in [0.1, 0.15) is 5.82 Å². The molecule has 0 spiro atoms. The van der Waals surface area contributed by atoms with E-state index in [1.54, 1.807) is 18.5 Å². The lowest BCUT2D eigenvalue weighted by Crippen LogP contribution is -2.35. The van der Waals surface area contributed by atoms with E-state index < -0.39 is 0 Å². The number of hydrogen-bond acceptors (Lipinski definition) is 5. The first kappa shape index (κ1) is 14.6. The van der Waals surface area contributed by atoms with Gasteiger partial charge in [0.15, 0.2) is 0 Å². The first-order valence-electron chi connectivity index (χ1n) is 7.83. The molecular formula is C16H17N7O. The summed E-state index contributed by atoms with van der Waals surface area (Å²) in [6.07, 6.45) is 10.5. The maximum atomic E-state index is 12.8. The Bertz CT molecular complexity index is 812. The predicted molar refractivity (Wildman–Crippen MR) is 84.7 cm³/mol. The Kier molecular flexibility index (Phi) is 3.78. The fourth-order valence-electron chi connectivity index (χ4n) is 3.08. The fourth-order valence-corrected chi connectivity index (χ4v) is 3.08. The van der Waals surface area contributed by atoms with Crippen LogP contribution in [0.1, 0.15) is 16.2 Å². The van der Waals surface area contributed by atoms with Crippen molar-refractivity contribution < 1.29 is 4.79 Å². The van der Waals surface area contributed by atoms with Crippen LogP contribution in [0, 0.1) is 5.92 Å². The van der Waals surface area contributed by atoms with Crippen molar-refractivity contribution in [2.24, 2.45) is 5.92 Å². The van der Waals surface area contributed by atoms with Crippen LogP contribution in [0.3, 0.4) is 0 Å². The molecule has 1 atom stereocenters. The predicted octanol–water partition coefficient (Wildman–Crippen LogP) is 0.842. The molecule has 24 heavy (non-hydrogen) atoms. The monoisotopic (exact) mass is 323 g/mol. The molecule has 3 aromatic rings. The van der Waals surface area contributed by atoms with Crippen LogP contribution in [-0.2, 0) is 19.6 Å². The van der Waals surface area contributed by atoms with E-state index in [2.05, 4.69) is 24.8 Å². The summed E-state index contributed by atoms with van der Waals surface area (Å²) in [5.74, 6) is 1.10. The molecule has 8 nitrogen and oxygen atoms in total. The average molecular weight is 323 g/mol. The zero-order valence-corrected chi connectivity index (χ0v) is 13.1. The Hall–Kier alpha value is -3.03. The molecule has 0 saturated carbocycles. The van der Waals surface area contributed by atoms with Crippen molar-refractivity contribution >= 4 is 5.91 Å². The third kappa shape index (κ3) is 2.90. The van der Waals surface area contributed by atoms with Gasteiger partial charge in [-0.25, -0.2) is 4.98 Å². The lowest BCUT2D eigenvalue weighted by atomic mass is 10.1. The molecule has 1 aliphatic rings. The molecule has 0 N–H and O–H groups in total. The molecule has 3 aromatic heterocycles. The number of amides is 1. The Labute approximate surface area is 138 Å². The molecule has 8 heteroatoms. The van der Waals surface area contributed by atoms with Gasteiger partial charge < -0.3 is 9.47 Å². The lowest BCUT2D eigenvalue weighted by Gasteiger charge is -2.24. The summed E-state index contributed by atoms with van der Waals surface area (Å²) in [6, 6.07) is 3.60. The van der Waals surface area contributed by atoms with Crippen molar-refractivity contribution in [3.63, 3.8) is 0 Å². The summed E-state index contributed by atoms with van der Waals surface area (Å²) in [7, 11) is 0. The van der Waals surface area contributed by atoms with Crippen LogP contribution in [0.25, 0.3) is 0 Å². The van der Waals surface area contributed by atoms with E-state index in [1.165, 1.54) is 12.4 Å². The number of carbonyl (C=O) groups excluding carboxylic acids is 1. The minimum Gasteiger partial charge on any atom is -0.333 e. The van der Waals surface area contributed by atoms with Crippen LogP contribution < -0.4 is 0 Å². The van der Waals surface area contributed by atoms with Gasteiger partial charge in [-0.15, -0.1) is 0 Å². The van der Waals surface area contributed by atoms with Crippen LogP contribution >= 0.6 is 0 Å². The number of rotatable bonds is 3. The highest BCUT2D eigenvalue weighted by Gasteiger charge is 2.26. The molecule has 1 aliphatic heterocycles. The van der Waals surface area contributed by atoms with E-state index in [1.807, 2.05) is 28.0 Å². The van der Waals surface area contributed by atoms with E-state index >= 15 is 0 Å². The summed E-state index contributed by atoms with van der Waals surface area (Å²) >= 11 is 0. The highest BCUT2D eigenvalue weighted by Crippen LogP contribution is 2.18. The second-order valence-corrected chi connectivity index (χ2v) is 5.91. The molecule has 4 heterocycles. The number of imidazole rings is 1. The van der Waals surface area contributed by atoms with Gasteiger partial charge in [-0.2, -0.15) is 15.3 Å². The van der Waals surface area contributed by atoms with E-state index in [-0.39, 0.29) is 11.8 Å². The third-order valence-electron chi connectivity index (χ3n) is 4.19. The van der Waals surface area contributed by atoms with Crippen LogP contribution in [0.2, 0.25) is 0 Å². The smallest absolute Gasteiger partial charge is 0.255 e. The Morgan fingerprint density at radius 2 is 2.12 bits per heavy atom. The minimum absolute atomic E-state index is 0.0492. The second-order valence-electron chi connectivity index (χ2n) is 5.91. The first-order valence-corrected chi connectivity index (χ1v) is 7.83. The Morgan fingerprint density at radius 1 is 1.17 bits per heavy atom. The van der Waals surface area contributed by atoms with Gasteiger partial charge in [0.25, 0.3) is 5.91 Å². The van der Waals surface area contributed by atoms with Crippen molar-refractivity contribution in [1.82, 2.24) is 34.4 Å². The molecule has 0 fully saturated rings. The minimum atomic E-state index is -0.0492. The lowest BCUT2D eigenvalue weighted by molar-refractivity contribution is 0.0712. The number of nitrogens with zero attached hydrogens (tertiary/aromatic N) is 7. The molecule has 1 amide bonds. The van der Waals surface area contributed by atoms with E-state index in [4.69, 9.17) is 0 Å². The molecular weight excluding hydrogens is 306 g/mol. The van der Waals surface area contributed by atoms with E-state index in [0.717, 1.165) is 18.9 Å². The normalized spacial score (nSPS) is 17.3. The average Bonchev–Trinajstić information content (AvgIpc) is 3.24. The molecule has 0 bridgehead atoms. The third-order valence-corrected chi connectivity index (χ3v) is 4.19. The zero-order valence-electron chi connectivity index (χ0n) is 13.1. The van der Waals surface area contributed by atoms with Gasteiger partial charge in [0, 0.05) is 50.3 Å². The molecule has 122 valence electrons. The van der Waals surface area contributed by atoms with Gasteiger partial charge in [0.2, 0.25) is 0 Å². The van der Waals surface area contributed by atoms with Crippen molar-refractivity contribution in [2.75, 3.05) is 6.54 Å². The van der Waals surface area contributed by atoms with Gasteiger partial charge in [-0.05, 0) is 12.1 Å². The van der Waals surface area contributed by atoms with Crippen LogP contribution in [-0.4, -0.2) is 46.9 Å². The number of carbonyl (C=O) groups is 1. The highest BCUT2D eigenvalue weighted by atomic mass is 16.2. The number of hydrogen-bond donors (Lipinski definition) is 0. The van der Waals surface area contributed by atoms with Gasteiger partial charge in [0.05, 0.1) is 24.5 Å². The van der Waals surface area contributed by atoms with E-state index in [0.29, 0.717) is 18.7 Å². The molecule has 0 unspecified atom stereocenters. The van der Waals surface area contributed by atoms with Gasteiger partial charge in [-0.3, -0.25) is 9.48 Å². The molecule has 0 saturated heterocycles. The largest absolute Gasteiger partial charge is 0.333 e. The van der Waals surface area contributed by atoms with Crippen molar-refractivity contribution in [3.8, 4) is 0 Å². The van der Waals surface area contributed by atoms with Gasteiger partial charge in [-0.1, -0.05) is 0 Å². The standard InChI is InChI=1S/C16H17N7O/c24-16(14-2-4-18-19-8-14)22-10-13(11-23-6-1-3-20-23)9-21-7-5-17-15(21)12-22/h1-8,13H,9-12H2/t13-/m0/s1. The molecule has 0 radical (unpaired) electrons. The summed E-state index contributed by atoms with van der Waals surface area (Å²) in [5, 5.41) is 11.8. The maximum absolute atomic E-state index is 12.8. The number of aromatic nitrogens is 6. The van der Waals surface area contributed by atoms with Crippen LogP contribution in [0.5, 0.6) is 0 Å². The summed E-state index contributed by atoms with van der Waals surface area (Å²) < 4.78 is 4.02. The van der Waals surface area contributed by atoms with Crippen molar-refractivity contribution in [1.29, 1.82) is 0 Å². The SMILES string of the molecule is O=C(c1ccnnc1)N1Cc2nccn2C[C@H](Cn2cccn2)C1. The number of fused-ring (bicyclic) bond motifs is 1. The maximum Gasteiger partial charge on any atom is 0.255 e. The summed E-state index contributed by atoms with van der Waals surface area (Å²) in [6.45, 7) is 2.70. The van der Waals surface area contributed by atoms with Crippen LogP contribution in [0.15, 0.2) is 49.3 Å².